The van der Waals surface area contributed by atoms with Gasteiger partial charge in [-0.3, -0.25) is 14.0 Å². The van der Waals surface area contributed by atoms with Gasteiger partial charge in [0, 0.05) is 39.4 Å². The van der Waals surface area contributed by atoms with Gasteiger partial charge in [0.15, 0.2) is 0 Å². The number of fused-ring (bicyclic) bond motifs is 1. The van der Waals surface area contributed by atoms with E-state index in [9.17, 15) is 9.00 Å². The molecule has 1 amide bonds. The summed E-state index contributed by atoms with van der Waals surface area (Å²) in [5.41, 5.74) is 1.05. The van der Waals surface area contributed by atoms with Crippen molar-refractivity contribution in [1.29, 1.82) is 0 Å². The molecule has 2 rings (SSSR count). The summed E-state index contributed by atoms with van der Waals surface area (Å²) in [5.74, 6) is 0.194. The van der Waals surface area contributed by atoms with Crippen LogP contribution in [-0.4, -0.2) is 32.1 Å². The van der Waals surface area contributed by atoms with Crippen LogP contribution in [0.2, 0.25) is 5.02 Å². The van der Waals surface area contributed by atoms with Gasteiger partial charge in [0.1, 0.15) is 0 Å². The number of hydrogen-bond donors (Lipinski definition) is 1. The number of nitrogens with zero attached hydrogens (tertiary/aromatic N) is 1. The van der Waals surface area contributed by atoms with E-state index < -0.39 is 10.8 Å². The zero-order valence-electron chi connectivity index (χ0n) is 12.9. The molecule has 0 unspecified atom stereocenters. The quantitative estimate of drug-likeness (QED) is 0.931. The molecule has 0 aliphatic rings. The molecule has 1 aromatic heterocycles. The Kier molecular flexibility index (Phi) is 5.19. The second kappa shape index (κ2) is 6.75. The summed E-state index contributed by atoms with van der Waals surface area (Å²) in [6.07, 6.45) is 1.63. The predicted molar refractivity (Wildman–Crippen MR) is 91.8 cm³/mol. The number of aromatic nitrogens is 1. The van der Waals surface area contributed by atoms with Crippen LogP contribution in [-0.2, 0) is 10.8 Å². The highest BCUT2D eigenvalue weighted by atomic mass is 35.5. The van der Waals surface area contributed by atoms with Gasteiger partial charge in [0.25, 0.3) is 5.91 Å². The lowest BCUT2D eigenvalue weighted by Crippen LogP contribution is -2.32. The number of hydrogen-bond acceptors (Lipinski definition) is 3. The molecule has 4 nitrogen and oxygen atoms in total. The summed E-state index contributed by atoms with van der Waals surface area (Å²) < 4.78 is 11.7. The summed E-state index contributed by atoms with van der Waals surface area (Å²) in [5, 5.41) is 4.11. The Hall–Kier alpha value is -1.46. The van der Waals surface area contributed by atoms with Crippen LogP contribution < -0.4 is 5.32 Å². The molecule has 6 heteroatoms. The highest BCUT2D eigenvalue weighted by molar-refractivity contribution is 7.86. The zero-order chi connectivity index (χ0) is 16.3. The van der Waals surface area contributed by atoms with Crippen LogP contribution >= 0.6 is 11.6 Å². The summed E-state index contributed by atoms with van der Waals surface area (Å²) >= 11 is 6.12. The number of carbonyl (C=O) groups is 1. The Balaban J connectivity index is 2.11. The summed E-state index contributed by atoms with van der Waals surface area (Å²) in [4.78, 5) is 16.5. The van der Waals surface area contributed by atoms with Crippen molar-refractivity contribution in [3.63, 3.8) is 0 Å². The van der Waals surface area contributed by atoms with Crippen LogP contribution in [0.1, 0.15) is 31.1 Å². The molecule has 0 saturated carbocycles. The standard InChI is InChI=1S/C16H19ClN2O2S/c1-16(2,3)22(21)10-9-19-15(20)12-6-7-13(17)11-5-4-8-18-14(11)12/h4-8H,9-10H2,1-3H3,(H,19,20)/t22-/m0/s1. The SMILES string of the molecule is CC(C)(C)[S@@](=O)CCNC(=O)c1ccc(Cl)c2cccnc12. The third kappa shape index (κ3) is 3.84. The van der Waals surface area contributed by atoms with Crippen LogP contribution in [0.5, 0.6) is 0 Å². The van der Waals surface area contributed by atoms with Gasteiger partial charge in [-0.1, -0.05) is 11.6 Å². The maximum Gasteiger partial charge on any atom is 0.253 e. The Morgan fingerprint density at radius 3 is 2.73 bits per heavy atom. The van der Waals surface area contributed by atoms with Crippen molar-refractivity contribution in [2.75, 3.05) is 12.3 Å². The minimum atomic E-state index is -0.992. The number of amides is 1. The average molecular weight is 339 g/mol. The van der Waals surface area contributed by atoms with Crippen molar-refractivity contribution in [3.05, 3.63) is 41.0 Å². The van der Waals surface area contributed by atoms with E-state index in [2.05, 4.69) is 10.3 Å². The third-order valence-electron chi connectivity index (χ3n) is 3.22. The Labute approximate surface area is 137 Å². The van der Waals surface area contributed by atoms with E-state index in [1.165, 1.54) is 0 Å². The minimum absolute atomic E-state index is 0.230. The van der Waals surface area contributed by atoms with Crippen LogP contribution in [0.3, 0.4) is 0 Å². The second-order valence-corrected chi connectivity index (χ2v) is 8.64. The molecule has 1 heterocycles. The van der Waals surface area contributed by atoms with Crippen molar-refractivity contribution in [3.8, 4) is 0 Å². The van der Waals surface area contributed by atoms with Gasteiger partial charge in [-0.2, -0.15) is 0 Å². The Morgan fingerprint density at radius 2 is 2.05 bits per heavy atom. The number of benzene rings is 1. The van der Waals surface area contributed by atoms with E-state index in [1.54, 1.807) is 24.4 Å². The molecule has 1 aromatic carbocycles. The smallest absolute Gasteiger partial charge is 0.253 e. The molecule has 1 N–H and O–H groups in total. The van der Waals surface area contributed by atoms with Gasteiger partial charge in [-0.15, -0.1) is 0 Å². The van der Waals surface area contributed by atoms with Crippen molar-refractivity contribution in [2.45, 2.75) is 25.5 Å². The van der Waals surface area contributed by atoms with Crippen LogP contribution in [0.15, 0.2) is 30.5 Å². The summed E-state index contributed by atoms with van der Waals surface area (Å²) in [6, 6.07) is 6.96. The van der Waals surface area contributed by atoms with Crippen molar-refractivity contribution >= 4 is 39.2 Å². The van der Waals surface area contributed by atoms with E-state index in [4.69, 9.17) is 11.6 Å². The van der Waals surface area contributed by atoms with Gasteiger partial charge in [0.2, 0.25) is 0 Å². The Morgan fingerprint density at radius 1 is 1.32 bits per heavy atom. The normalized spacial score (nSPS) is 13.1. The first-order valence-electron chi connectivity index (χ1n) is 7.00. The monoisotopic (exact) mass is 338 g/mol. The number of pyridine rings is 1. The fraction of sp³-hybridized carbons (Fsp3) is 0.375. The first-order valence-corrected chi connectivity index (χ1v) is 8.70. The largest absolute Gasteiger partial charge is 0.351 e. The fourth-order valence-corrected chi connectivity index (χ4v) is 3.10. The molecule has 0 aliphatic heterocycles. The van der Waals surface area contributed by atoms with Crippen molar-refractivity contribution in [2.24, 2.45) is 0 Å². The lowest BCUT2D eigenvalue weighted by atomic mass is 10.1. The molecule has 0 aliphatic carbocycles. The number of halogens is 1. The van der Waals surface area contributed by atoms with Crippen LogP contribution in [0.25, 0.3) is 10.9 Å². The predicted octanol–water partition coefficient (Wildman–Crippen LogP) is 3.17. The summed E-state index contributed by atoms with van der Waals surface area (Å²) in [7, 11) is -0.992. The minimum Gasteiger partial charge on any atom is -0.351 e. The third-order valence-corrected chi connectivity index (χ3v) is 5.49. The van der Waals surface area contributed by atoms with Crippen LogP contribution in [0, 0.1) is 0 Å². The van der Waals surface area contributed by atoms with Gasteiger partial charge in [-0.05, 0) is 45.0 Å². The maximum absolute atomic E-state index is 12.3. The van der Waals surface area contributed by atoms with E-state index in [0.717, 1.165) is 5.39 Å². The van der Waals surface area contributed by atoms with E-state index in [1.807, 2.05) is 26.8 Å². The maximum atomic E-state index is 12.3. The Bertz CT molecular complexity index is 726. The lowest BCUT2D eigenvalue weighted by molar-refractivity contribution is 0.0957. The van der Waals surface area contributed by atoms with Crippen molar-refractivity contribution in [1.82, 2.24) is 10.3 Å². The van der Waals surface area contributed by atoms with E-state index in [0.29, 0.717) is 28.4 Å². The topological polar surface area (TPSA) is 59.1 Å². The highest BCUT2D eigenvalue weighted by Gasteiger charge is 2.19. The number of carbonyl (C=O) groups excluding carboxylic acids is 1. The molecular weight excluding hydrogens is 320 g/mol. The van der Waals surface area contributed by atoms with E-state index in [-0.39, 0.29) is 10.7 Å². The number of nitrogens with one attached hydrogen (secondary N) is 1. The molecule has 0 fully saturated rings. The molecule has 22 heavy (non-hydrogen) atoms. The molecule has 118 valence electrons. The van der Waals surface area contributed by atoms with Crippen molar-refractivity contribution < 1.29 is 9.00 Å². The molecule has 0 bridgehead atoms. The summed E-state index contributed by atoms with van der Waals surface area (Å²) in [6.45, 7) is 6.12. The zero-order valence-corrected chi connectivity index (χ0v) is 14.4. The van der Waals surface area contributed by atoms with Gasteiger partial charge >= 0.3 is 0 Å². The molecular formula is C16H19ClN2O2S. The molecule has 1 atom stereocenters. The van der Waals surface area contributed by atoms with Crippen LogP contribution in [0.4, 0.5) is 0 Å². The first-order chi connectivity index (χ1) is 10.3. The first kappa shape index (κ1) is 16.9. The molecule has 0 radical (unpaired) electrons. The van der Waals surface area contributed by atoms with Gasteiger partial charge in [-0.25, -0.2) is 0 Å². The lowest BCUT2D eigenvalue weighted by Gasteiger charge is -2.17. The van der Waals surface area contributed by atoms with Gasteiger partial charge in [0.05, 0.1) is 16.1 Å². The van der Waals surface area contributed by atoms with Gasteiger partial charge < -0.3 is 5.32 Å². The van der Waals surface area contributed by atoms with E-state index >= 15 is 0 Å². The fourth-order valence-electron chi connectivity index (χ4n) is 1.98. The molecule has 0 saturated heterocycles. The highest BCUT2D eigenvalue weighted by Crippen LogP contribution is 2.24. The average Bonchev–Trinajstić information content (AvgIpc) is 2.46. The number of rotatable bonds is 4. The molecule has 0 spiro atoms. The molecule has 2 aromatic rings. The second-order valence-electron chi connectivity index (χ2n) is 5.91.